The third kappa shape index (κ3) is 11.3. The van der Waals surface area contributed by atoms with Gasteiger partial charge in [-0.05, 0) is 36.7 Å². The van der Waals surface area contributed by atoms with E-state index in [0.717, 1.165) is 18.4 Å². The zero-order valence-corrected chi connectivity index (χ0v) is 19.4. The lowest BCUT2D eigenvalue weighted by atomic mass is 10.00. The first-order valence-corrected chi connectivity index (χ1v) is 11.3. The maximum Gasteiger partial charge on any atom is 0.234 e. The molecule has 0 aliphatic heterocycles. The van der Waals surface area contributed by atoms with Gasteiger partial charge in [0.05, 0.1) is 12.1 Å². The first kappa shape index (κ1) is 26.1. The molecule has 0 aliphatic rings. The van der Waals surface area contributed by atoms with Gasteiger partial charge in [-0.2, -0.15) is 0 Å². The Hall–Kier alpha value is -1.92. The third-order valence-electron chi connectivity index (χ3n) is 5.08. The minimum absolute atomic E-state index is 0.0432. The number of carbonyl (C=O) groups excluding carboxylic acids is 2. The van der Waals surface area contributed by atoms with Crippen LogP contribution in [0.2, 0.25) is 0 Å². The van der Waals surface area contributed by atoms with Crippen molar-refractivity contribution in [1.29, 1.82) is 0 Å². The van der Waals surface area contributed by atoms with Crippen LogP contribution in [0.1, 0.15) is 65.9 Å². The lowest BCUT2D eigenvalue weighted by Crippen LogP contribution is -2.53. The van der Waals surface area contributed by atoms with Gasteiger partial charge in [0.2, 0.25) is 11.8 Å². The number of amides is 2. The monoisotopic (exact) mass is 419 g/mol. The van der Waals surface area contributed by atoms with Gasteiger partial charge in [0, 0.05) is 25.9 Å². The summed E-state index contributed by atoms with van der Waals surface area (Å²) in [6, 6.07) is 9.41. The van der Waals surface area contributed by atoms with E-state index in [2.05, 4.69) is 38.4 Å². The number of hydrogen-bond donors (Lipinski definition) is 3. The highest BCUT2D eigenvalue weighted by Crippen LogP contribution is 2.10. The minimum atomic E-state index is -0.807. The average molecular weight is 420 g/mol. The largest absolute Gasteiger partial charge is 0.390 e. The normalized spacial score (nSPS) is 13.5. The SMILES string of the molecule is CCN(C[C@H](O)[C@H](Cc1ccccc1)NC(=O)CCC(C)C)NC(=O)CCC(C)C. The van der Waals surface area contributed by atoms with Crippen LogP contribution in [-0.2, 0) is 16.0 Å². The molecule has 0 aliphatic carbocycles. The highest BCUT2D eigenvalue weighted by Gasteiger charge is 2.24. The number of benzene rings is 1. The molecular weight excluding hydrogens is 378 g/mol. The molecular formula is C24H41N3O3. The first-order chi connectivity index (χ1) is 14.2. The second-order valence-corrected chi connectivity index (χ2v) is 8.87. The third-order valence-corrected chi connectivity index (χ3v) is 5.08. The summed E-state index contributed by atoms with van der Waals surface area (Å²) in [6.07, 6.45) is 2.27. The lowest BCUT2D eigenvalue weighted by Gasteiger charge is -2.30. The van der Waals surface area contributed by atoms with Gasteiger partial charge in [0.1, 0.15) is 0 Å². The number of aliphatic hydroxyl groups excluding tert-OH is 1. The summed E-state index contributed by atoms with van der Waals surface area (Å²) < 4.78 is 0. The van der Waals surface area contributed by atoms with E-state index in [9.17, 15) is 14.7 Å². The quantitative estimate of drug-likeness (QED) is 0.404. The topological polar surface area (TPSA) is 81.7 Å². The fourth-order valence-corrected chi connectivity index (χ4v) is 3.11. The number of likely N-dealkylation sites (N-methyl/N-ethyl adjacent to an activating group) is 1. The first-order valence-electron chi connectivity index (χ1n) is 11.3. The van der Waals surface area contributed by atoms with Crippen LogP contribution in [0.5, 0.6) is 0 Å². The van der Waals surface area contributed by atoms with E-state index >= 15 is 0 Å². The van der Waals surface area contributed by atoms with Crippen molar-refractivity contribution < 1.29 is 14.7 Å². The molecule has 0 saturated carbocycles. The number of aliphatic hydroxyl groups is 1. The zero-order valence-electron chi connectivity index (χ0n) is 19.4. The molecule has 0 spiro atoms. The molecule has 0 bridgehead atoms. The minimum Gasteiger partial charge on any atom is -0.390 e. The van der Waals surface area contributed by atoms with Crippen molar-refractivity contribution in [2.45, 2.75) is 78.9 Å². The lowest BCUT2D eigenvalue weighted by molar-refractivity contribution is -0.128. The fraction of sp³-hybridized carbons (Fsp3) is 0.667. The summed E-state index contributed by atoms with van der Waals surface area (Å²) in [4.78, 5) is 24.6. The van der Waals surface area contributed by atoms with E-state index in [-0.39, 0.29) is 18.4 Å². The van der Waals surface area contributed by atoms with Gasteiger partial charge in [-0.15, -0.1) is 0 Å². The van der Waals surface area contributed by atoms with Crippen LogP contribution >= 0.6 is 0 Å². The molecule has 6 nitrogen and oxygen atoms in total. The van der Waals surface area contributed by atoms with Crippen molar-refractivity contribution >= 4 is 11.8 Å². The fourth-order valence-electron chi connectivity index (χ4n) is 3.11. The molecule has 6 heteroatoms. The zero-order chi connectivity index (χ0) is 22.5. The molecule has 170 valence electrons. The predicted octanol–water partition coefficient (Wildman–Crippen LogP) is 3.30. The molecule has 3 N–H and O–H groups in total. The van der Waals surface area contributed by atoms with E-state index in [4.69, 9.17) is 0 Å². The van der Waals surface area contributed by atoms with Gasteiger partial charge in [-0.25, -0.2) is 5.01 Å². The average Bonchev–Trinajstić information content (AvgIpc) is 2.70. The van der Waals surface area contributed by atoms with Gasteiger partial charge in [0.15, 0.2) is 0 Å². The van der Waals surface area contributed by atoms with Crippen molar-refractivity contribution in [3.05, 3.63) is 35.9 Å². The van der Waals surface area contributed by atoms with Gasteiger partial charge in [-0.1, -0.05) is 65.0 Å². The highest BCUT2D eigenvalue weighted by molar-refractivity contribution is 5.76. The number of hydrazine groups is 1. The van der Waals surface area contributed by atoms with E-state index in [1.54, 1.807) is 5.01 Å². The summed E-state index contributed by atoms with van der Waals surface area (Å²) in [5.41, 5.74) is 3.94. The van der Waals surface area contributed by atoms with Crippen LogP contribution in [0.25, 0.3) is 0 Å². The molecule has 0 fully saturated rings. The number of nitrogens with zero attached hydrogens (tertiary/aromatic N) is 1. The molecule has 1 aromatic carbocycles. The van der Waals surface area contributed by atoms with Gasteiger partial charge in [-0.3, -0.25) is 15.0 Å². The smallest absolute Gasteiger partial charge is 0.234 e. The van der Waals surface area contributed by atoms with Gasteiger partial charge >= 0.3 is 0 Å². The molecule has 30 heavy (non-hydrogen) atoms. The highest BCUT2D eigenvalue weighted by atomic mass is 16.3. The molecule has 1 aromatic rings. The van der Waals surface area contributed by atoms with Crippen molar-refractivity contribution in [1.82, 2.24) is 15.8 Å². The number of carbonyl (C=O) groups is 2. The molecule has 2 atom stereocenters. The summed E-state index contributed by atoms with van der Waals surface area (Å²) in [6.45, 7) is 11.1. The van der Waals surface area contributed by atoms with Crippen LogP contribution in [0.3, 0.4) is 0 Å². The van der Waals surface area contributed by atoms with Crippen LogP contribution in [-0.4, -0.2) is 47.2 Å². The van der Waals surface area contributed by atoms with Crippen molar-refractivity contribution in [2.75, 3.05) is 13.1 Å². The Kier molecular flexibility index (Phi) is 12.3. The van der Waals surface area contributed by atoms with E-state index in [1.807, 2.05) is 37.3 Å². The van der Waals surface area contributed by atoms with Gasteiger partial charge in [0.25, 0.3) is 0 Å². The van der Waals surface area contributed by atoms with E-state index in [1.165, 1.54) is 0 Å². The Labute approximate surface area is 182 Å². The van der Waals surface area contributed by atoms with Crippen molar-refractivity contribution in [2.24, 2.45) is 11.8 Å². The van der Waals surface area contributed by atoms with Crippen molar-refractivity contribution in [3.8, 4) is 0 Å². The molecule has 0 unspecified atom stereocenters. The predicted molar refractivity (Wildman–Crippen MR) is 122 cm³/mol. The Balaban J connectivity index is 2.74. The summed E-state index contributed by atoms with van der Waals surface area (Å²) in [5, 5.41) is 15.7. The standard InChI is InChI=1S/C24H41N3O3/c1-6-27(26-24(30)15-13-19(4)5)17-22(28)21(16-20-10-8-7-9-11-20)25-23(29)14-12-18(2)3/h7-11,18-19,21-22,28H,6,12-17H2,1-5H3,(H,25,29)(H,26,30)/t21-,22-/m0/s1. The number of hydrogen-bond acceptors (Lipinski definition) is 4. The molecule has 0 radical (unpaired) electrons. The van der Waals surface area contributed by atoms with Crippen LogP contribution in [0, 0.1) is 11.8 Å². The molecule has 0 saturated heterocycles. The molecule has 0 aromatic heterocycles. The molecule has 1 rings (SSSR count). The Bertz CT molecular complexity index is 619. The Morgan fingerprint density at radius 3 is 2.07 bits per heavy atom. The summed E-state index contributed by atoms with van der Waals surface area (Å²) in [5.74, 6) is 0.823. The van der Waals surface area contributed by atoms with Gasteiger partial charge < -0.3 is 10.4 Å². The van der Waals surface area contributed by atoms with Crippen LogP contribution < -0.4 is 10.7 Å². The van der Waals surface area contributed by atoms with Crippen molar-refractivity contribution in [3.63, 3.8) is 0 Å². The maximum atomic E-state index is 12.4. The molecule has 0 heterocycles. The van der Waals surface area contributed by atoms with Crippen LogP contribution in [0.15, 0.2) is 30.3 Å². The summed E-state index contributed by atoms with van der Waals surface area (Å²) >= 11 is 0. The van der Waals surface area contributed by atoms with E-state index < -0.39 is 12.1 Å². The second-order valence-electron chi connectivity index (χ2n) is 8.87. The Morgan fingerprint density at radius 2 is 1.53 bits per heavy atom. The number of nitrogens with one attached hydrogen (secondary N) is 2. The van der Waals surface area contributed by atoms with E-state index in [0.29, 0.717) is 37.6 Å². The molecule has 2 amide bonds. The second kappa shape index (κ2) is 14.1. The summed E-state index contributed by atoms with van der Waals surface area (Å²) in [7, 11) is 0. The van der Waals surface area contributed by atoms with Crippen LogP contribution in [0.4, 0.5) is 0 Å². The Morgan fingerprint density at radius 1 is 0.967 bits per heavy atom. The number of rotatable bonds is 14. The maximum absolute atomic E-state index is 12.4.